The quantitative estimate of drug-likeness (QED) is 0.345. The number of methoxy groups -OCH3 is 1. The van der Waals surface area contributed by atoms with Gasteiger partial charge in [-0.3, -0.25) is 4.79 Å². The molecule has 40 heavy (non-hydrogen) atoms. The second kappa shape index (κ2) is 10.4. The van der Waals surface area contributed by atoms with Gasteiger partial charge in [0.05, 0.1) is 44.7 Å². The first kappa shape index (κ1) is 26.5. The lowest BCUT2D eigenvalue weighted by Gasteiger charge is -2.37. The van der Waals surface area contributed by atoms with Crippen LogP contribution < -0.4 is 14.2 Å². The number of carbonyl (C=O) groups is 1. The van der Waals surface area contributed by atoms with Gasteiger partial charge >= 0.3 is 12.0 Å². The fraction of sp³-hybridized carbons (Fsp3) is 0.452. The molecule has 1 fully saturated rings. The van der Waals surface area contributed by atoms with Gasteiger partial charge in [-0.05, 0) is 61.6 Å². The lowest BCUT2D eigenvalue weighted by molar-refractivity contribution is -0.141. The van der Waals surface area contributed by atoms with Crippen molar-refractivity contribution >= 4 is 5.97 Å². The van der Waals surface area contributed by atoms with Crippen molar-refractivity contribution in [2.75, 3.05) is 33.5 Å². The minimum absolute atomic E-state index is 0.0159. The molecule has 2 aliphatic heterocycles. The molecule has 1 aliphatic carbocycles. The second-order valence-corrected chi connectivity index (χ2v) is 11.3. The summed E-state index contributed by atoms with van der Waals surface area (Å²) >= 11 is 0. The van der Waals surface area contributed by atoms with Gasteiger partial charge in [-0.25, -0.2) is 4.39 Å². The van der Waals surface area contributed by atoms with Crippen LogP contribution in [0, 0.1) is 25.1 Å². The largest absolute Gasteiger partial charge is 0.492 e. The third-order valence-corrected chi connectivity index (χ3v) is 8.01. The normalized spacial score (nSPS) is 20.2. The number of esters is 1. The number of rotatable bonds is 8. The summed E-state index contributed by atoms with van der Waals surface area (Å²) in [6.07, 6.45) is 1.43. The molecule has 8 nitrogen and oxygen atoms in total. The average molecular weight is 549 g/mol. The molecule has 0 radical (unpaired) electrons. The summed E-state index contributed by atoms with van der Waals surface area (Å²) < 4.78 is 43.2. The molecule has 9 heteroatoms. The van der Waals surface area contributed by atoms with Crippen LogP contribution in [0.15, 0.2) is 30.3 Å². The standard InChI is InChI=1S/C31H33FN2O6/c1-17-29(18(2)34-30(33-17)39-16-31(3)14-37-15-31)25-11-20(32)10-24-23(25)7-8-26(24)40-21-5-6-22-19(9-28(35)36-4)13-38-27(22)12-21/h5-6,10-12,19,26H,7-9,13-16H2,1-4H3/t19-,26-/m1/s1. The van der Waals surface area contributed by atoms with Crippen LogP contribution in [-0.4, -0.2) is 49.5 Å². The molecule has 0 bridgehead atoms. The molecule has 1 aromatic heterocycles. The van der Waals surface area contributed by atoms with Gasteiger partial charge in [0.2, 0.25) is 0 Å². The molecule has 2 aromatic carbocycles. The number of hydrogen-bond donors (Lipinski definition) is 0. The van der Waals surface area contributed by atoms with Crippen molar-refractivity contribution in [1.82, 2.24) is 9.97 Å². The Labute approximate surface area is 232 Å². The molecule has 1 saturated heterocycles. The van der Waals surface area contributed by atoms with Gasteiger partial charge in [0.15, 0.2) is 0 Å². The topological polar surface area (TPSA) is 89.0 Å². The number of benzene rings is 2. The van der Waals surface area contributed by atoms with Gasteiger partial charge in [0, 0.05) is 28.5 Å². The predicted molar refractivity (Wildman–Crippen MR) is 144 cm³/mol. The monoisotopic (exact) mass is 548 g/mol. The average Bonchev–Trinajstić information content (AvgIpc) is 3.49. The van der Waals surface area contributed by atoms with E-state index < -0.39 is 0 Å². The molecule has 0 N–H and O–H groups in total. The molecule has 6 rings (SSSR count). The zero-order chi connectivity index (χ0) is 28.0. The fourth-order valence-corrected chi connectivity index (χ4v) is 5.86. The van der Waals surface area contributed by atoms with Crippen LogP contribution in [0.3, 0.4) is 0 Å². The summed E-state index contributed by atoms with van der Waals surface area (Å²) in [5.41, 5.74) is 5.93. The van der Waals surface area contributed by atoms with Gasteiger partial charge < -0.3 is 23.7 Å². The zero-order valence-corrected chi connectivity index (χ0v) is 23.2. The van der Waals surface area contributed by atoms with Crippen LogP contribution in [0.4, 0.5) is 4.39 Å². The second-order valence-electron chi connectivity index (χ2n) is 11.3. The van der Waals surface area contributed by atoms with Crippen LogP contribution in [0.2, 0.25) is 0 Å². The summed E-state index contributed by atoms with van der Waals surface area (Å²) in [6, 6.07) is 9.13. The van der Waals surface area contributed by atoms with E-state index in [2.05, 4.69) is 16.9 Å². The van der Waals surface area contributed by atoms with Crippen LogP contribution >= 0.6 is 0 Å². The van der Waals surface area contributed by atoms with Gasteiger partial charge in [-0.15, -0.1) is 0 Å². The lowest BCUT2D eigenvalue weighted by Crippen LogP contribution is -2.44. The van der Waals surface area contributed by atoms with E-state index in [9.17, 15) is 4.79 Å². The van der Waals surface area contributed by atoms with E-state index in [4.69, 9.17) is 23.7 Å². The van der Waals surface area contributed by atoms with Crippen LogP contribution in [0.5, 0.6) is 17.5 Å². The first-order chi connectivity index (χ1) is 19.2. The van der Waals surface area contributed by atoms with E-state index in [1.165, 1.54) is 7.11 Å². The van der Waals surface area contributed by atoms with E-state index >= 15 is 4.39 Å². The third-order valence-electron chi connectivity index (χ3n) is 8.01. The molecule has 0 saturated carbocycles. The molecule has 0 spiro atoms. The fourth-order valence-electron chi connectivity index (χ4n) is 5.86. The number of hydrogen-bond acceptors (Lipinski definition) is 8. The molecule has 2 atom stereocenters. The van der Waals surface area contributed by atoms with Crippen molar-refractivity contribution < 1.29 is 32.9 Å². The Morgan fingerprint density at radius 1 is 1.12 bits per heavy atom. The first-order valence-electron chi connectivity index (χ1n) is 13.6. The van der Waals surface area contributed by atoms with Gasteiger partial charge in [0.25, 0.3) is 0 Å². The maximum atomic E-state index is 15.0. The highest BCUT2D eigenvalue weighted by Crippen LogP contribution is 2.44. The predicted octanol–water partition coefficient (Wildman–Crippen LogP) is 5.42. The maximum Gasteiger partial charge on any atom is 0.316 e. The third kappa shape index (κ3) is 4.98. The highest BCUT2D eigenvalue weighted by Gasteiger charge is 2.35. The number of ether oxygens (including phenoxy) is 5. The van der Waals surface area contributed by atoms with Crippen molar-refractivity contribution in [3.05, 3.63) is 64.2 Å². The Balaban J connectivity index is 1.23. The van der Waals surface area contributed by atoms with E-state index in [-0.39, 0.29) is 35.6 Å². The number of halogens is 1. The van der Waals surface area contributed by atoms with E-state index in [1.54, 1.807) is 12.1 Å². The number of aromatic nitrogens is 2. The Morgan fingerprint density at radius 3 is 2.60 bits per heavy atom. The van der Waals surface area contributed by atoms with Crippen molar-refractivity contribution in [2.45, 2.75) is 52.1 Å². The van der Waals surface area contributed by atoms with Crippen LogP contribution in [-0.2, 0) is 20.7 Å². The van der Waals surface area contributed by atoms with Gasteiger partial charge in [0.1, 0.15) is 30.0 Å². The van der Waals surface area contributed by atoms with Crippen molar-refractivity contribution in [3.63, 3.8) is 0 Å². The Hall–Kier alpha value is -3.72. The smallest absolute Gasteiger partial charge is 0.316 e. The maximum absolute atomic E-state index is 15.0. The van der Waals surface area contributed by atoms with E-state index in [0.717, 1.165) is 52.0 Å². The van der Waals surface area contributed by atoms with Crippen LogP contribution in [0.1, 0.15) is 59.9 Å². The molecular weight excluding hydrogens is 515 g/mol. The van der Waals surface area contributed by atoms with Crippen molar-refractivity contribution in [3.8, 4) is 28.6 Å². The number of nitrogens with zero attached hydrogens (tertiary/aromatic N) is 2. The summed E-state index contributed by atoms with van der Waals surface area (Å²) in [5.74, 6) is 0.710. The molecular formula is C31H33FN2O6. The number of fused-ring (bicyclic) bond motifs is 2. The minimum Gasteiger partial charge on any atom is -0.492 e. The minimum atomic E-state index is -0.329. The van der Waals surface area contributed by atoms with E-state index in [0.29, 0.717) is 43.9 Å². The van der Waals surface area contributed by atoms with Gasteiger partial charge in [-0.2, -0.15) is 9.97 Å². The number of carbonyl (C=O) groups excluding carboxylic acids is 1. The highest BCUT2D eigenvalue weighted by atomic mass is 19.1. The Bertz CT molecular complexity index is 1450. The molecule has 0 unspecified atom stereocenters. The Kier molecular flexibility index (Phi) is 6.86. The lowest BCUT2D eigenvalue weighted by atomic mass is 9.90. The Morgan fingerprint density at radius 2 is 1.90 bits per heavy atom. The van der Waals surface area contributed by atoms with Crippen LogP contribution in [0.25, 0.3) is 11.1 Å². The molecule has 3 aromatic rings. The van der Waals surface area contributed by atoms with Gasteiger partial charge in [-0.1, -0.05) is 13.0 Å². The molecule has 210 valence electrons. The highest BCUT2D eigenvalue weighted by molar-refractivity contribution is 5.74. The zero-order valence-electron chi connectivity index (χ0n) is 23.2. The SMILES string of the molecule is COC(=O)C[C@@H]1COc2cc(O[C@@H]3CCc4c(-c5c(C)nc(OCC6(C)COC6)nc5C)cc(F)cc43)ccc21. The molecule has 3 aliphatic rings. The van der Waals surface area contributed by atoms with Crippen molar-refractivity contribution in [1.29, 1.82) is 0 Å². The molecule has 3 heterocycles. The molecule has 0 amide bonds. The summed E-state index contributed by atoms with van der Waals surface area (Å²) in [4.78, 5) is 20.9. The summed E-state index contributed by atoms with van der Waals surface area (Å²) in [5, 5.41) is 0. The van der Waals surface area contributed by atoms with Crippen molar-refractivity contribution in [2.24, 2.45) is 5.41 Å². The summed E-state index contributed by atoms with van der Waals surface area (Å²) in [6.45, 7) is 8.15. The first-order valence-corrected chi connectivity index (χ1v) is 13.6. The number of aryl methyl sites for hydroxylation is 2. The van der Waals surface area contributed by atoms with E-state index in [1.807, 2.05) is 32.0 Å². The summed E-state index contributed by atoms with van der Waals surface area (Å²) in [7, 11) is 1.39.